The zero-order valence-electron chi connectivity index (χ0n) is 8.29. The highest BCUT2D eigenvalue weighted by atomic mass is 14.9. The van der Waals surface area contributed by atoms with Crippen LogP contribution < -0.4 is 5.73 Å². The first-order chi connectivity index (χ1) is 6.88. The van der Waals surface area contributed by atoms with Gasteiger partial charge in [-0.15, -0.1) is 0 Å². The van der Waals surface area contributed by atoms with Crippen molar-refractivity contribution < 1.29 is 0 Å². The third kappa shape index (κ3) is 1.23. The number of nitrogens with zero attached hydrogens (tertiary/aromatic N) is 2. The average Bonchev–Trinajstić information content (AvgIpc) is 2.95. The fourth-order valence-electron chi connectivity index (χ4n) is 2.22. The van der Waals surface area contributed by atoms with E-state index in [0.717, 1.165) is 24.4 Å². The number of aromatic nitrogens is 2. The number of hydrogen-bond acceptors (Lipinski definition) is 3. The number of nitrogens with two attached hydrogens (primary N) is 1. The fourth-order valence-corrected chi connectivity index (χ4v) is 2.22. The summed E-state index contributed by atoms with van der Waals surface area (Å²) in [6.45, 7) is 0.574. The molecule has 0 atom stereocenters. The van der Waals surface area contributed by atoms with Gasteiger partial charge in [0.15, 0.2) is 0 Å². The molecular formula is C11H15N3. The summed E-state index contributed by atoms with van der Waals surface area (Å²) in [5.74, 6) is 1.71. The van der Waals surface area contributed by atoms with Crippen molar-refractivity contribution in [2.75, 3.05) is 0 Å². The van der Waals surface area contributed by atoms with E-state index in [1.54, 1.807) is 0 Å². The van der Waals surface area contributed by atoms with Gasteiger partial charge in [0.1, 0.15) is 5.82 Å². The predicted molar refractivity (Wildman–Crippen MR) is 53.9 cm³/mol. The van der Waals surface area contributed by atoms with E-state index >= 15 is 0 Å². The molecular weight excluding hydrogens is 174 g/mol. The summed E-state index contributed by atoms with van der Waals surface area (Å²) in [6.07, 6.45) is 6.02. The molecule has 0 aromatic carbocycles. The maximum absolute atomic E-state index is 5.72. The zero-order valence-corrected chi connectivity index (χ0v) is 8.29. The molecule has 0 unspecified atom stereocenters. The van der Waals surface area contributed by atoms with Crippen molar-refractivity contribution in [2.24, 2.45) is 5.73 Å². The van der Waals surface area contributed by atoms with Crippen LogP contribution in [-0.2, 0) is 19.4 Å². The molecule has 1 aromatic rings. The van der Waals surface area contributed by atoms with Gasteiger partial charge < -0.3 is 5.73 Å². The molecule has 0 bridgehead atoms. The number of hydrogen-bond donors (Lipinski definition) is 1. The Hall–Kier alpha value is -0.960. The van der Waals surface area contributed by atoms with Crippen LogP contribution in [0.5, 0.6) is 0 Å². The van der Waals surface area contributed by atoms with Crippen molar-refractivity contribution in [2.45, 2.75) is 44.6 Å². The summed E-state index contributed by atoms with van der Waals surface area (Å²) >= 11 is 0. The molecule has 3 nitrogen and oxygen atoms in total. The van der Waals surface area contributed by atoms with Gasteiger partial charge in [-0.2, -0.15) is 0 Å². The van der Waals surface area contributed by atoms with Crippen LogP contribution in [0, 0.1) is 0 Å². The van der Waals surface area contributed by atoms with E-state index in [2.05, 4.69) is 9.97 Å². The van der Waals surface area contributed by atoms with E-state index in [-0.39, 0.29) is 0 Å². The van der Waals surface area contributed by atoms with Crippen LogP contribution in [0.25, 0.3) is 0 Å². The summed E-state index contributed by atoms with van der Waals surface area (Å²) in [6, 6.07) is 0. The molecule has 1 aromatic heterocycles. The van der Waals surface area contributed by atoms with Crippen LogP contribution in [0.15, 0.2) is 0 Å². The van der Waals surface area contributed by atoms with Gasteiger partial charge in [-0.05, 0) is 37.7 Å². The molecule has 0 amide bonds. The van der Waals surface area contributed by atoms with Crippen molar-refractivity contribution in [1.82, 2.24) is 9.97 Å². The van der Waals surface area contributed by atoms with Crippen LogP contribution in [0.1, 0.15) is 48.0 Å². The van der Waals surface area contributed by atoms with E-state index in [1.165, 1.54) is 30.5 Å². The second-order valence-corrected chi connectivity index (χ2v) is 4.29. The zero-order chi connectivity index (χ0) is 9.54. The quantitative estimate of drug-likeness (QED) is 0.763. The number of fused-ring (bicyclic) bond motifs is 1. The maximum Gasteiger partial charge on any atom is 0.132 e. The van der Waals surface area contributed by atoms with Crippen molar-refractivity contribution in [3.63, 3.8) is 0 Å². The van der Waals surface area contributed by atoms with Gasteiger partial charge in [-0.1, -0.05) is 0 Å². The summed E-state index contributed by atoms with van der Waals surface area (Å²) in [7, 11) is 0. The van der Waals surface area contributed by atoms with Crippen LogP contribution in [-0.4, -0.2) is 9.97 Å². The van der Waals surface area contributed by atoms with Crippen LogP contribution in [0.2, 0.25) is 0 Å². The van der Waals surface area contributed by atoms with E-state index in [0.29, 0.717) is 12.5 Å². The molecule has 1 saturated carbocycles. The second kappa shape index (κ2) is 3.02. The molecule has 2 aliphatic rings. The van der Waals surface area contributed by atoms with Crippen LogP contribution in [0.3, 0.4) is 0 Å². The molecule has 3 rings (SSSR count). The second-order valence-electron chi connectivity index (χ2n) is 4.29. The van der Waals surface area contributed by atoms with E-state index in [1.807, 2.05) is 0 Å². The van der Waals surface area contributed by atoms with Crippen molar-refractivity contribution in [1.29, 1.82) is 0 Å². The lowest BCUT2D eigenvalue weighted by Crippen LogP contribution is -2.09. The SMILES string of the molecule is NCc1nc(C2CC2)nc2c1CCC2. The Morgan fingerprint density at radius 1 is 1.21 bits per heavy atom. The first-order valence-corrected chi connectivity index (χ1v) is 5.47. The number of aryl methyl sites for hydroxylation is 1. The van der Waals surface area contributed by atoms with Gasteiger partial charge in [0.25, 0.3) is 0 Å². The molecule has 2 aliphatic carbocycles. The van der Waals surface area contributed by atoms with Gasteiger partial charge in [-0.25, -0.2) is 9.97 Å². The van der Waals surface area contributed by atoms with Crippen molar-refractivity contribution in [3.8, 4) is 0 Å². The summed E-state index contributed by atoms with van der Waals surface area (Å²) < 4.78 is 0. The summed E-state index contributed by atoms with van der Waals surface area (Å²) in [5, 5.41) is 0. The molecule has 0 aliphatic heterocycles. The Morgan fingerprint density at radius 3 is 2.79 bits per heavy atom. The first kappa shape index (κ1) is 8.36. The molecule has 2 N–H and O–H groups in total. The molecule has 74 valence electrons. The minimum Gasteiger partial charge on any atom is -0.325 e. The standard InChI is InChI=1S/C11H15N3/c12-6-10-8-2-1-3-9(8)13-11(14-10)7-4-5-7/h7H,1-6,12H2. The normalized spacial score (nSPS) is 19.8. The lowest BCUT2D eigenvalue weighted by atomic mass is 10.1. The average molecular weight is 189 g/mol. The Morgan fingerprint density at radius 2 is 2.07 bits per heavy atom. The van der Waals surface area contributed by atoms with Gasteiger partial charge >= 0.3 is 0 Å². The van der Waals surface area contributed by atoms with Crippen molar-refractivity contribution >= 4 is 0 Å². The predicted octanol–water partition coefficient (Wildman–Crippen LogP) is 1.30. The molecule has 3 heteroatoms. The molecule has 0 spiro atoms. The molecule has 0 radical (unpaired) electrons. The van der Waals surface area contributed by atoms with Crippen LogP contribution in [0.4, 0.5) is 0 Å². The minimum absolute atomic E-state index is 0.574. The van der Waals surface area contributed by atoms with E-state index < -0.39 is 0 Å². The highest BCUT2D eigenvalue weighted by Crippen LogP contribution is 2.39. The summed E-state index contributed by atoms with van der Waals surface area (Å²) in [4.78, 5) is 9.25. The third-order valence-corrected chi connectivity index (χ3v) is 3.17. The Balaban J connectivity index is 2.08. The third-order valence-electron chi connectivity index (χ3n) is 3.17. The minimum atomic E-state index is 0.574. The molecule has 1 heterocycles. The Labute approximate surface area is 83.8 Å². The van der Waals surface area contributed by atoms with Gasteiger partial charge in [0.2, 0.25) is 0 Å². The Kier molecular flexibility index (Phi) is 1.80. The lowest BCUT2D eigenvalue weighted by molar-refractivity contribution is 0.835. The van der Waals surface area contributed by atoms with Gasteiger partial charge in [-0.3, -0.25) is 0 Å². The number of rotatable bonds is 2. The highest BCUT2D eigenvalue weighted by molar-refractivity contribution is 5.31. The molecule has 1 fully saturated rings. The smallest absolute Gasteiger partial charge is 0.132 e. The lowest BCUT2D eigenvalue weighted by Gasteiger charge is -2.07. The first-order valence-electron chi connectivity index (χ1n) is 5.47. The largest absolute Gasteiger partial charge is 0.325 e. The molecule has 14 heavy (non-hydrogen) atoms. The van der Waals surface area contributed by atoms with Crippen molar-refractivity contribution in [3.05, 3.63) is 22.8 Å². The van der Waals surface area contributed by atoms with E-state index in [9.17, 15) is 0 Å². The molecule has 0 saturated heterocycles. The monoisotopic (exact) mass is 189 g/mol. The van der Waals surface area contributed by atoms with Gasteiger partial charge in [0.05, 0.1) is 5.69 Å². The fraction of sp³-hybridized carbons (Fsp3) is 0.636. The Bertz CT molecular complexity index is 369. The maximum atomic E-state index is 5.72. The summed E-state index contributed by atoms with van der Waals surface area (Å²) in [5.41, 5.74) is 9.45. The van der Waals surface area contributed by atoms with Crippen LogP contribution >= 0.6 is 0 Å². The highest BCUT2D eigenvalue weighted by Gasteiger charge is 2.29. The van der Waals surface area contributed by atoms with E-state index in [4.69, 9.17) is 5.73 Å². The van der Waals surface area contributed by atoms with Gasteiger partial charge in [0, 0.05) is 18.2 Å². The topological polar surface area (TPSA) is 51.8 Å².